The maximum absolute atomic E-state index is 11.9. The molecule has 1 heterocycles. The van der Waals surface area contributed by atoms with Crippen LogP contribution in [0, 0.1) is 0 Å². The van der Waals surface area contributed by atoms with E-state index in [9.17, 15) is 4.79 Å². The minimum atomic E-state index is 0.124. The zero-order valence-corrected chi connectivity index (χ0v) is 10.9. The van der Waals surface area contributed by atoms with Crippen molar-refractivity contribution >= 4 is 5.91 Å². The highest BCUT2D eigenvalue weighted by Gasteiger charge is 2.24. The van der Waals surface area contributed by atoms with Crippen LogP contribution < -0.4 is 0 Å². The summed E-state index contributed by atoms with van der Waals surface area (Å²) in [4.78, 5) is 16.0. The lowest BCUT2D eigenvalue weighted by Crippen LogP contribution is -2.48. The Balaban J connectivity index is 2.38. The largest absolute Gasteiger partial charge is 0.369 e. The molecule has 0 N–H and O–H groups in total. The molecule has 0 aliphatic carbocycles. The number of carbonyl (C=O) groups excluding carboxylic acids is 1. The van der Waals surface area contributed by atoms with E-state index in [1.807, 2.05) is 18.7 Å². The Morgan fingerprint density at radius 2 is 2.19 bits per heavy atom. The van der Waals surface area contributed by atoms with E-state index in [1.54, 1.807) is 0 Å². The van der Waals surface area contributed by atoms with Gasteiger partial charge in [0.1, 0.15) is 6.61 Å². The number of carbonyl (C=O) groups is 1. The Morgan fingerprint density at radius 1 is 1.50 bits per heavy atom. The normalized spacial score (nSPS) is 21.9. The molecule has 94 valence electrons. The second-order valence-corrected chi connectivity index (χ2v) is 4.96. The lowest BCUT2D eigenvalue weighted by atomic mass is 10.1. The fourth-order valence-electron chi connectivity index (χ4n) is 1.93. The number of rotatable bonds is 4. The van der Waals surface area contributed by atoms with Crippen LogP contribution in [0.2, 0.25) is 0 Å². The van der Waals surface area contributed by atoms with E-state index in [1.165, 1.54) is 6.42 Å². The molecule has 1 fully saturated rings. The van der Waals surface area contributed by atoms with Crippen molar-refractivity contribution in [2.75, 3.05) is 33.8 Å². The summed E-state index contributed by atoms with van der Waals surface area (Å²) in [5.74, 6) is 0.125. The van der Waals surface area contributed by atoms with E-state index in [0.717, 1.165) is 19.5 Å². The monoisotopic (exact) mass is 228 g/mol. The van der Waals surface area contributed by atoms with E-state index >= 15 is 0 Å². The number of likely N-dealkylation sites (N-methyl/N-ethyl adjacent to an activating group) is 1. The van der Waals surface area contributed by atoms with Crippen molar-refractivity contribution < 1.29 is 9.53 Å². The molecule has 1 amide bonds. The molecule has 4 heteroatoms. The van der Waals surface area contributed by atoms with Crippen LogP contribution in [0.25, 0.3) is 0 Å². The molecule has 4 nitrogen and oxygen atoms in total. The van der Waals surface area contributed by atoms with Gasteiger partial charge < -0.3 is 14.5 Å². The van der Waals surface area contributed by atoms with Crippen LogP contribution in [0.15, 0.2) is 0 Å². The number of amides is 1. The van der Waals surface area contributed by atoms with Crippen LogP contribution in [-0.2, 0) is 9.53 Å². The van der Waals surface area contributed by atoms with Gasteiger partial charge >= 0.3 is 0 Å². The Hall–Kier alpha value is -0.610. The number of likely N-dealkylation sites (tertiary alicyclic amines) is 1. The van der Waals surface area contributed by atoms with Crippen LogP contribution in [0.3, 0.4) is 0 Å². The van der Waals surface area contributed by atoms with Gasteiger partial charge in [0.25, 0.3) is 0 Å². The van der Waals surface area contributed by atoms with Gasteiger partial charge in [-0.2, -0.15) is 0 Å². The summed E-state index contributed by atoms with van der Waals surface area (Å²) in [5, 5.41) is 0. The predicted octanol–water partition coefficient (Wildman–Crippen LogP) is 0.964. The van der Waals surface area contributed by atoms with E-state index < -0.39 is 0 Å². The van der Waals surface area contributed by atoms with E-state index in [-0.39, 0.29) is 18.6 Å². The highest BCUT2D eigenvalue weighted by Crippen LogP contribution is 2.13. The minimum Gasteiger partial charge on any atom is -0.369 e. The number of nitrogens with zero attached hydrogens (tertiary/aromatic N) is 2. The lowest BCUT2D eigenvalue weighted by molar-refractivity contribution is -0.139. The molecule has 1 saturated heterocycles. The molecular formula is C12H24N2O2. The van der Waals surface area contributed by atoms with Crippen LogP contribution >= 0.6 is 0 Å². The summed E-state index contributed by atoms with van der Waals surface area (Å²) in [5.41, 5.74) is 0. The Bertz CT molecular complexity index is 229. The van der Waals surface area contributed by atoms with Gasteiger partial charge in [0.15, 0.2) is 0 Å². The second-order valence-electron chi connectivity index (χ2n) is 4.96. The summed E-state index contributed by atoms with van der Waals surface area (Å²) in [6.45, 7) is 5.84. The molecule has 0 spiro atoms. The van der Waals surface area contributed by atoms with Gasteiger partial charge in [-0.25, -0.2) is 0 Å². The fraction of sp³-hybridized carbons (Fsp3) is 0.917. The van der Waals surface area contributed by atoms with Crippen LogP contribution in [0.4, 0.5) is 0 Å². The summed E-state index contributed by atoms with van der Waals surface area (Å²) in [7, 11) is 4.15. The van der Waals surface area contributed by atoms with Crippen molar-refractivity contribution in [3.05, 3.63) is 0 Å². The number of ether oxygens (including phenoxy) is 1. The maximum Gasteiger partial charge on any atom is 0.248 e. The third-order valence-corrected chi connectivity index (χ3v) is 3.02. The SMILES string of the molecule is CC(C)OCC(=O)N1CCCC(N(C)C)C1. The van der Waals surface area contributed by atoms with E-state index in [0.29, 0.717) is 6.04 Å². The molecule has 16 heavy (non-hydrogen) atoms. The van der Waals surface area contributed by atoms with Crippen molar-refractivity contribution in [1.29, 1.82) is 0 Å². The summed E-state index contributed by atoms with van der Waals surface area (Å²) >= 11 is 0. The van der Waals surface area contributed by atoms with Crippen LogP contribution in [0.1, 0.15) is 26.7 Å². The van der Waals surface area contributed by atoms with Crippen molar-refractivity contribution in [2.24, 2.45) is 0 Å². The Kier molecular flexibility index (Phi) is 5.22. The fourth-order valence-corrected chi connectivity index (χ4v) is 1.93. The number of hydrogen-bond donors (Lipinski definition) is 0. The quantitative estimate of drug-likeness (QED) is 0.718. The highest BCUT2D eigenvalue weighted by molar-refractivity contribution is 5.77. The molecular weight excluding hydrogens is 204 g/mol. The first-order valence-corrected chi connectivity index (χ1v) is 6.06. The average Bonchev–Trinajstić information content (AvgIpc) is 2.26. The lowest BCUT2D eigenvalue weighted by Gasteiger charge is -2.36. The maximum atomic E-state index is 11.9. The van der Waals surface area contributed by atoms with Gasteiger partial charge in [0, 0.05) is 19.1 Å². The van der Waals surface area contributed by atoms with Gasteiger partial charge in [-0.1, -0.05) is 0 Å². The summed E-state index contributed by atoms with van der Waals surface area (Å²) in [6.07, 6.45) is 2.40. The standard InChI is InChI=1S/C12H24N2O2/c1-10(2)16-9-12(15)14-7-5-6-11(8-14)13(3)4/h10-11H,5-9H2,1-4H3. The van der Waals surface area contributed by atoms with Crippen molar-refractivity contribution in [3.8, 4) is 0 Å². The first kappa shape index (κ1) is 13.5. The topological polar surface area (TPSA) is 32.8 Å². The first-order valence-electron chi connectivity index (χ1n) is 6.06. The summed E-state index contributed by atoms with van der Waals surface area (Å²) < 4.78 is 5.35. The number of piperidine rings is 1. The average molecular weight is 228 g/mol. The third-order valence-electron chi connectivity index (χ3n) is 3.02. The van der Waals surface area contributed by atoms with Crippen molar-refractivity contribution in [3.63, 3.8) is 0 Å². The van der Waals surface area contributed by atoms with E-state index in [2.05, 4.69) is 19.0 Å². The molecule has 1 aliphatic heterocycles. The molecule has 1 rings (SSSR count). The molecule has 1 aliphatic rings. The smallest absolute Gasteiger partial charge is 0.248 e. The van der Waals surface area contributed by atoms with Crippen LogP contribution in [-0.4, -0.2) is 61.6 Å². The third kappa shape index (κ3) is 4.10. The van der Waals surface area contributed by atoms with Crippen molar-refractivity contribution in [1.82, 2.24) is 9.80 Å². The molecule has 0 aromatic rings. The molecule has 0 aromatic carbocycles. The predicted molar refractivity (Wildman–Crippen MR) is 64.4 cm³/mol. The molecule has 1 atom stereocenters. The molecule has 1 unspecified atom stereocenters. The van der Waals surface area contributed by atoms with Gasteiger partial charge in [-0.05, 0) is 40.8 Å². The Morgan fingerprint density at radius 3 is 2.75 bits per heavy atom. The van der Waals surface area contributed by atoms with E-state index in [4.69, 9.17) is 4.74 Å². The van der Waals surface area contributed by atoms with Crippen molar-refractivity contribution in [2.45, 2.75) is 38.8 Å². The molecule has 0 saturated carbocycles. The highest BCUT2D eigenvalue weighted by atomic mass is 16.5. The minimum absolute atomic E-state index is 0.124. The first-order chi connectivity index (χ1) is 7.50. The van der Waals surface area contributed by atoms with Gasteiger partial charge in [0.05, 0.1) is 6.10 Å². The summed E-state index contributed by atoms with van der Waals surface area (Å²) in [6, 6.07) is 0.497. The zero-order valence-electron chi connectivity index (χ0n) is 10.9. The van der Waals surface area contributed by atoms with Gasteiger partial charge in [0.2, 0.25) is 5.91 Å². The van der Waals surface area contributed by atoms with Gasteiger partial charge in [-0.3, -0.25) is 4.79 Å². The second kappa shape index (κ2) is 6.21. The van der Waals surface area contributed by atoms with Gasteiger partial charge in [-0.15, -0.1) is 0 Å². The Labute approximate surface area is 98.5 Å². The van der Waals surface area contributed by atoms with Crippen LogP contribution in [0.5, 0.6) is 0 Å². The number of hydrogen-bond acceptors (Lipinski definition) is 3. The molecule has 0 radical (unpaired) electrons. The molecule has 0 bridgehead atoms. The zero-order chi connectivity index (χ0) is 12.1. The molecule has 0 aromatic heterocycles.